The van der Waals surface area contributed by atoms with Crippen molar-refractivity contribution in [2.75, 3.05) is 7.05 Å². The molecule has 3 heteroatoms. The fourth-order valence-corrected chi connectivity index (χ4v) is 1.86. The summed E-state index contributed by atoms with van der Waals surface area (Å²) in [6.07, 6.45) is 0. The molecule has 2 aromatic rings. The third-order valence-corrected chi connectivity index (χ3v) is 3.06. The number of nitrogens with one attached hydrogen (secondary N) is 1. The van der Waals surface area contributed by atoms with Crippen LogP contribution < -0.4 is 5.32 Å². The predicted octanol–water partition coefficient (Wildman–Crippen LogP) is 3.91. The van der Waals surface area contributed by atoms with Crippen LogP contribution in [0.5, 0.6) is 0 Å². The van der Waals surface area contributed by atoms with E-state index >= 15 is 0 Å². The average Bonchev–Trinajstić information content (AvgIpc) is 2.40. The molecule has 0 aliphatic carbocycles. The van der Waals surface area contributed by atoms with E-state index in [4.69, 9.17) is 0 Å². The minimum Gasteiger partial charge on any atom is -0.313 e. The highest BCUT2D eigenvalue weighted by Crippen LogP contribution is 2.26. The highest BCUT2D eigenvalue weighted by Gasteiger charge is 2.09. The van der Waals surface area contributed by atoms with E-state index in [2.05, 4.69) is 5.32 Å². The molecule has 0 radical (unpaired) electrons. The number of hydrogen-bond acceptors (Lipinski definition) is 1. The monoisotopic (exact) mass is 247 g/mol. The summed E-state index contributed by atoms with van der Waals surface area (Å²) in [5.74, 6) is -0.843. The summed E-state index contributed by atoms with van der Waals surface area (Å²) in [5.41, 5.74) is 2.02. The molecule has 1 N–H and O–H groups in total. The van der Waals surface area contributed by atoms with Crippen molar-refractivity contribution in [2.24, 2.45) is 0 Å². The maximum atomic E-state index is 13.7. The van der Waals surface area contributed by atoms with Crippen LogP contribution in [0.1, 0.15) is 18.5 Å². The SMILES string of the molecule is CNC(C)c1cccc(-c2cc(F)ccc2F)c1. The maximum absolute atomic E-state index is 13.7. The van der Waals surface area contributed by atoms with Crippen LogP contribution in [-0.2, 0) is 0 Å². The molecule has 1 atom stereocenters. The van der Waals surface area contributed by atoms with E-state index in [0.717, 1.165) is 17.7 Å². The van der Waals surface area contributed by atoms with Crippen molar-refractivity contribution in [3.8, 4) is 11.1 Å². The summed E-state index contributed by atoms with van der Waals surface area (Å²) < 4.78 is 26.9. The Morgan fingerprint density at radius 1 is 1.06 bits per heavy atom. The molecule has 0 fully saturated rings. The molecule has 0 heterocycles. The van der Waals surface area contributed by atoms with Crippen LogP contribution in [0.25, 0.3) is 11.1 Å². The van der Waals surface area contributed by atoms with Crippen LogP contribution in [0.3, 0.4) is 0 Å². The molecule has 18 heavy (non-hydrogen) atoms. The van der Waals surface area contributed by atoms with E-state index in [0.29, 0.717) is 11.1 Å². The normalized spacial score (nSPS) is 12.4. The Bertz CT molecular complexity index is 552. The molecule has 0 spiro atoms. The summed E-state index contributed by atoms with van der Waals surface area (Å²) >= 11 is 0. The van der Waals surface area contributed by atoms with Crippen molar-refractivity contribution in [3.05, 3.63) is 59.7 Å². The van der Waals surface area contributed by atoms with Crippen molar-refractivity contribution >= 4 is 0 Å². The summed E-state index contributed by atoms with van der Waals surface area (Å²) in [6.45, 7) is 2.01. The first kappa shape index (κ1) is 12.7. The molecule has 0 aliphatic heterocycles. The lowest BCUT2D eigenvalue weighted by Crippen LogP contribution is -2.12. The van der Waals surface area contributed by atoms with Gasteiger partial charge in [0, 0.05) is 11.6 Å². The summed E-state index contributed by atoms with van der Waals surface area (Å²) in [4.78, 5) is 0. The fraction of sp³-hybridized carbons (Fsp3) is 0.200. The van der Waals surface area contributed by atoms with Crippen molar-refractivity contribution in [2.45, 2.75) is 13.0 Å². The smallest absolute Gasteiger partial charge is 0.131 e. The Morgan fingerprint density at radius 2 is 1.83 bits per heavy atom. The van der Waals surface area contributed by atoms with E-state index in [1.54, 1.807) is 6.07 Å². The minimum atomic E-state index is -0.432. The minimum absolute atomic E-state index is 0.168. The van der Waals surface area contributed by atoms with Gasteiger partial charge in [0.2, 0.25) is 0 Å². The zero-order valence-corrected chi connectivity index (χ0v) is 10.4. The highest BCUT2D eigenvalue weighted by atomic mass is 19.1. The molecule has 1 unspecified atom stereocenters. The largest absolute Gasteiger partial charge is 0.313 e. The first-order valence-corrected chi connectivity index (χ1v) is 5.84. The van der Waals surface area contributed by atoms with Crippen LogP contribution in [0.4, 0.5) is 8.78 Å². The van der Waals surface area contributed by atoms with Crippen LogP contribution in [0, 0.1) is 11.6 Å². The van der Waals surface area contributed by atoms with Gasteiger partial charge in [0.15, 0.2) is 0 Å². The van der Waals surface area contributed by atoms with Gasteiger partial charge in [-0.15, -0.1) is 0 Å². The molecule has 0 saturated carbocycles. The van der Waals surface area contributed by atoms with E-state index < -0.39 is 11.6 Å². The zero-order valence-electron chi connectivity index (χ0n) is 10.4. The second kappa shape index (κ2) is 5.27. The molecule has 2 aromatic carbocycles. The second-order valence-electron chi connectivity index (χ2n) is 4.26. The maximum Gasteiger partial charge on any atom is 0.131 e. The molecule has 0 bridgehead atoms. The van der Waals surface area contributed by atoms with Crippen LogP contribution in [0.2, 0.25) is 0 Å². The van der Waals surface area contributed by atoms with E-state index in [1.807, 2.05) is 32.2 Å². The van der Waals surface area contributed by atoms with Crippen molar-refractivity contribution in [3.63, 3.8) is 0 Å². The van der Waals surface area contributed by atoms with Crippen molar-refractivity contribution < 1.29 is 8.78 Å². The predicted molar refractivity (Wildman–Crippen MR) is 69.3 cm³/mol. The molecule has 0 amide bonds. The molecule has 1 nitrogen and oxygen atoms in total. The standard InChI is InChI=1S/C15H15F2N/c1-10(18-2)11-4-3-5-12(8-11)14-9-13(16)6-7-15(14)17/h3-10,18H,1-2H3. The zero-order chi connectivity index (χ0) is 13.1. The molecule has 0 aliphatic rings. The topological polar surface area (TPSA) is 12.0 Å². The molecule has 2 rings (SSSR count). The van der Waals surface area contributed by atoms with Gasteiger partial charge in [-0.1, -0.05) is 18.2 Å². The van der Waals surface area contributed by atoms with Gasteiger partial charge >= 0.3 is 0 Å². The van der Waals surface area contributed by atoms with Gasteiger partial charge in [-0.2, -0.15) is 0 Å². The third kappa shape index (κ3) is 2.57. The van der Waals surface area contributed by atoms with Crippen LogP contribution in [0.15, 0.2) is 42.5 Å². The summed E-state index contributed by atoms with van der Waals surface area (Å²) in [5, 5.41) is 3.12. The quantitative estimate of drug-likeness (QED) is 0.867. The lowest BCUT2D eigenvalue weighted by atomic mass is 10.00. The molecular weight excluding hydrogens is 232 g/mol. The molecular formula is C15H15F2N. The van der Waals surface area contributed by atoms with Gasteiger partial charge in [-0.05, 0) is 49.4 Å². The van der Waals surface area contributed by atoms with Crippen LogP contribution >= 0.6 is 0 Å². The average molecular weight is 247 g/mol. The van der Waals surface area contributed by atoms with Gasteiger partial charge in [0.05, 0.1) is 0 Å². The first-order valence-electron chi connectivity index (χ1n) is 5.84. The number of benzene rings is 2. The van der Waals surface area contributed by atoms with E-state index in [9.17, 15) is 8.78 Å². The second-order valence-corrected chi connectivity index (χ2v) is 4.26. The lowest BCUT2D eigenvalue weighted by molar-refractivity contribution is 0.603. The Balaban J connectivity index is 2.47. The fourth-order valence-electron chi connectivity index (χ4n) is 1.86. The van der Waals surface area contributed by atoms with Crippen molar-refractivity contribution in [1.29, 1.82) is 0 Å². The van der Waals surface area contributed by atoms with Gasteiger partial charge in [0.25, 0.3) is 0 Å². The first-order chi connectivity index (χ1) is 8.61. The summed E-state index contributed by atoms with van der Waals surface area (Å²) in [6, 6.07) is 11.1. The number of hydrogen-bond donors (Lipinski definition) is 1. The van der Waals surface area contributed by atoms with E-state index in [-0.39, 0.29) is 6.04 Å². The Morgan fingerprint density at radius 3 is 2.56 bits per heavy atom. The highest BCUT2D eigenvalue weighted by molar-refractivity contribution is 5.65. The van der Waals surface area contributed by atoms with Gasteiger partial charge < -0.3 is 5.32 Å². The Hall–Kier alpha value is -1.74. The molecule has 0 aromatic heterocycles. The van der Waals surface area contributed by atoms with E-state index in [1.165, 1.54) is 6.07 Å². The Labute approximate surface area is 105 Å². The van der Waals surface area contributed by atoms with Crippen LogP contribution in [-0.4, -0.2) is 7.05 Å². The number of rotatable bonds is 3. The third-order valence-electron chi connectivity index (χ3n) is 3.06. The number of halogens is 2. The van der Waals surface area contributed by atoms with Gasteiger partial charge in [-0.25, -0.2) is 8.78 Å². The summed E-state index contributed by atoms with van der Waals surface area (Å²) in [7, 11) is 1.86. The lowest BCUT2D eigenvalue weighted by Gasteiger charge is -2.12. The van der Waals surface area contributed by atoms with Crippen molar-refractivity contribution in [1.82, 2.24) is 5.32 Å². The van der Waals surface area contributed by atoms with Gasteiger partial charge in [-0.3, -0.25) is 0 Å². The Kier molecular flexibility index (Phi) is 3.72. The molecule has 94 valence electrons. The molecule has 0 saturated heterocycles. The van der Waals surface area contributed by atoms with Gasteiger partial charge in [0.1, 0.15) is 11.6 Å².